The summed E-state index contributed by atoms with van der Waals surface area (Å²) >= 11 is 0. The molecule has 0 bridgehead atoms. The molecular formula is C27H38N6. The normalized spacial score (nSPS) is 11.6. The van der Waals surface area contributed by atoms with Crippen molar-refractivity contribution < 1.29 is 0 Å². The Balaban J connectivity index is 0.000000368. The molecule has 1 aliphatic heterocycles. The van der Waals surface area contributed by atoms with Crippen LogP contribution < -0.4 is 21.7 Å². The minimum absolute atomic E-state index is 0.749. The second-order valence-corrected chi connectivity index (χ2v) is 7.54. The van der Waals surface area contributed by atoms with Crippen molar-refractivity contribution in [2.45, 2.75) is 20.8 Å². The molecule has 0 saturated carbocycles. The Morgan fingerprint density at radius 2 is 1.73 bits per heavy atom. The number of hydrogen-bond acceptors (Lipinski definition) is 5. The number of nitrogens with two attached hydrogens (primary N) is 1. The van der Waals surface area contributed by atoms with Gasteiger partial charge in [-0.05, 0) is 61.6 Å². The lowest BCUT2D eigenvalue weighted by Crippen LogP contribution is -2.10. The molecule has 4 rings (SSSR count). The zero-order chi connectivity index (χ0) is 24.1. The second-order valence-electron chi connectivity index (χ2n) is 7.54. The largest absolute Gasteiger partial charge is 0.398 e. The number of aromatic nitrogens is 1. The molecule has 2 heterocycles. The van der Waals surface area contributed by atoms with E-state index in [1.54, 1.807) is 0 Å². The summed E-state index contributed by atoms with van der Waals surface area (Å²) in [5.74, 6) is 1.01. The van der Waals surface area contributed by atoms with Crippen LogP contribution in [0, 0.1) is 5.41 Å². The number of H-pyrrole nitrogens is 1. The minimum Gasteiger partial charge on any atom is -0.398 e. The third-order valence-corrected chi connectivity index (χ3v) is 5.22. The van der Waals surface area contributed by atoms with Crippen molar-refractivity contribution in [3.05, 3.63) is 71.4 Å². The van der Waals surface area contributed by atoms with Gasteiger partial charge in [0, 0.05) is 41.3 Å². The molecule has 33 heavy (non-hydrogen) atoms. The molecule has 0 unspecified atom stereocenters. The van der Waals surface area contributed by atoms with Gasteiger partial charge in [-0.1, -0.05) is 57.2 Å². The van der Waals surface area contributed by atoms with E-state index in [0.29, 0.717) is 0 Å². The Hall–Kier alpha value is -3.35. The van der Waals surface area contributed by atoms with Crippen molar-refractivity contribution in [3.8, 4) is 11.1 Å². The lowest BCUT2D eigenvalue weighted by atomic mass is 9.95. The predicted molar refractivity (Wildman–Crippen MR) is 145 cm³/mol. The van der Waals surface area contributed by atoms with Crippen LogP contribution in [0.5, 0.6) is 0 Å². The van der Waals surface area contributed by atoms with E-state index in [4.69, 9.17) is 11.1 Å². The Kier molecular flexibility index (Phi) is 10.9. The molecule has 0 atom stereocenters. The van der Waals surface area contributed by atoms with Crippen molar-refractivity contribution in [1.82, 2.24) is 15.6 Å². The smallest absolute Gasteiger partial charge is 0.111 e. The highest BCUT2D eigenvalue weighted by Gasteiger charge is 2.18. The number of nitrogens with one attached hydrogen (secondary N) is 5. The van der Waals surface area contributed by atoms with Gasteiger partial charge in [-0.25, -0.2) is 0 Å². The summed E-state index contributed by atoms with van der Waals surface area (Å²) in [4.78, 5) is 3.30. The van der Waals surface area contributed by atoms with E-state index in [1.165, 1.54) is 11.8 Å². The fourth-order valence-electron chi connectivity index (χ4n) is 3.37. The Morgan fingerprint density at radius 3 is 2.33 bits per heavy atom. The Morgan fingerprint density at radius 1 is 1.00 bits per heavy atom. The number of rotatable bonds is 6. The summed E-state index contributed by atoms with van der Waals surface area (Å²) in [7, 11) is 1.93. The van der Waals surface area contributed by atoms with Crippen molar-refractivity contribution >= 4 is 29.4 Å². The van der Waals surface area contributed by atoms with Gasteiger partial charge in [0.15, 0.2) is 0 Å². The zero-order valence-electron chi connectivity index (χ0n) is 20.3. The van der Waals surface area contributed by atoms with E-state index < -0.39 is 0 Å². The molecule has 6 heteroatoms. The molecule has 1 aromatic heterocycles. The lowest BCUT2D eigenvalue weighted by Gasteiger charge is -2.17. The molecule has 0 radical (unpaired) electrons. The number of fused-ring (bicyclic) bond motifs is 1. The van der Waals surface area contributed by atoms with Crippen LogP contribution in [0.1, 0.15) is 37.5 Å². The number of aromatic amines is 1. The summed E-state index contributed by atoms with van der Waals surface area (Å²) in [5.41, 5.74) is 13.4. The van der Waals surface area contributed by atoms with Gasteiger partial charge in [0.25, 0.3) is 0 Å². The molecule has 6 nitrogen and oxygen atoms in total. The van der Waals surface area contributed by atoms with Gasteiger partial charge in [-0.15, -0.1) is 0 Å². The number of hydrogen-bond donors (Lipinski definition) is 6. The topological polar surface area (TPSA) is 102 Å². The first-order valence-electron chi connectivity index (χ1n) is 11.6. The summed E-state index contributed by atoms with van der Waals surface area (Å²) < 4.78 is 0. The number of para-hydroxylation sites is 1. The van der Waals surface area contributed by atoms with Crippen molar-refractivity contribution in [2.24, 2.45) is 0 Å². The van der Waals surface area contributed by atoms with Crippen molar-refractivity contribution in [2.75, 3.05) is 44.3 Å². The van der Waals surface area contributed by atoms with Gasteiger partial charge in [0.1, 0.15) is 5.82 Å². The third kappa shape index (κ3) is 7.34. The standard InChI is InChI=1S/C20H18N4.C4H11N.C3H9N/c21-10-13-4-3-5-14(8-13)15-9-17-18(12-24-20(17)23-11-15)16-6-1-2-7-19(16)22;1-3-5-4-2;1-3-4-2/h1-10,12,21,23-24H,11,22H2;5H,3-4H2,1-2H3;4H,3H2,1-2H3. The maximum absolute atomic E-state index is 7.44. The van der Waals surface area contributed by atoms with Crippen LogP contribution in [0.2, 0.25) is 0 Å². The van der Waals surface area contributed by atoms with Crippen LogP contribution >= 0.6 is 0 Å². The fraction of sp³-hybridized carbons (Fsp3) is 0.296. The van der Waals surface area contributed by atoms with E-state index >= 15 is 0 Å². The van der Waals surface area contributed by atoms with E-state index in [1.807, 2.05) is 55.7 Å². The lowest BCUT2D eigenvalue weighted by molar-refractivity contribution is 0.762. The monoisotopic (exact) mass is 446 g/mol. The third-order valence-electron chi connectivity index (χ3n) is 5.22. The van der Waals surface area contributed by atoms with Crippen LogP contribution in [0.15, 0.2) is 54.7 Å². The summed E-state index contributed by atoms with van der Waals surface area (Å²) in [6, 6.07) is 15.9. The molecule has 0 aliphatic carbocycles. The molecule has 3 aromatic rings. The molecule has 0 saturated heterocycles. The van der Waals surface area contributed by atoms with Gasteiger partial charge in [-0.2, -0.15) is 0 Å². The van der Waals surface area contributed by atoms with Crippen LogP contribution in [0.3, 0.4) is 0 Å². The maximum Gasteiger partial charge on any atom is 0.111 e. The highest BCUT2D eigenvalue weighted by molar-refractivity contribution is 5.97. The zero-order valence-corrected chi connectivity index (χ0v) is 20.3. The molecule has 7 N–H and O–H groups in total. The van der Waals surface area contributed by atoms with Crippen LogP contribution in [-0.2, 0) is 0 Å². The maximum atomic E-state index is 7.44. The highest BCUT2D eigenvalue weighted by Crippen LogP contribution is 2.37. The molecule has 0 fully saturated rings. The number of anilines is 2. The van der Waals surface area contributed by atoms with Crippen LogP contribution in [0.4, 0.5) is 11.5 Å². The molecule has 0 amide bonds. The summed E-state index contributed by atoms with van der Waals surface area (Å²) in [6.45, 7) is 10.3. The average Bonchev–Trinajstić information content (AvgIpc) is 3.28. The molecule has 1 aliphatic rings. The van der Waals surface area contributed by atoms with E-state index in [-0.39, 0.29) is 0 Å². The Bertz CT molecular complexity index is 1030. The van der Waals surface area contributed by atoms with E-state index in [9.17, 15) is 0 Å². The SMILES string of the molecule is CCNC.CCNCC.N=Cc1cccc(C2=Cc3c(-c4ccccc4N)c[nH]c3NC2)c1. The van der Waals surface area contributed by atoms with Gasteiger partial charge in [0.05, 0.1) is 0 Å². The fourth-order valence-corrected chi connectivity index (χ4v) is 3.37. The summed E-state index contributed by atoms with van der Waals surface area (Å²) in [5, 5.41) is 16.9. The summed E-state index contributed by atoms with van der Waals surface area (Å²) in [6.07, 6.45) is 5.57. The molecule has 0 spiro atoms. The van der Waals surface area contributed by atoms with E-state index in [2.05, 4.69) is 53.8 Å². The van der Waals surface area contributed by atoms with Crippen LogP contribution in [0.25, 0.3) is 22.8 Å². The first kappa shape index (κ1) is 25.9. The molecule has 176 valence electrons. The van der Waals surface area contributed by atoms with Gasteiger partial charge >= 0.3 is 0 Å². The first-order valence-corrected chi connectivity index (χ1v) is 11.6. The van der Waals surface area contributed by atoms with Gasteiger partial charge in [-0.3, -0.25) is 0 Å². The number of benzene rings is 2. The second kappa shape index (κ2) is 13.9. The van der Waals surface area contributed by atoms with Gasteiger partial charge in [0.2, 0.25) is 0 Å². The molecular weight excluding hydrogens is 408 g/mol. The van der Waals surface area contributed by atoms with Gasteiger partial charge < -0.3 is 32.1 Å². The average molecular weight is 447 g/mol. The van der Waals surface area contributed by atoms with E-state index in [0.717, 1.165) is 65.5 Å². The minimum atomic E-state index is 0.749. The van der Waals surface area contributed by atoms with Crippen LogP contribution in [-0.4, -0.2) is 44.4 Å². The number of nitrogen functional groups attached to an aromatic ring is 1. The first-order chi connectivity index (χ1) is 16.1. The molecule has 2 aromatic carbocycles. The quantitative estimate of drug-likeness (QED) is 0.235. The van der Waals surface area contributed by atoms with Crippen molar-refractivity contribution in [3.63, 3.8) is 0 Å². The van der Waals surface area contributed by atoms with Crippen molar-refractivity contribution in [1.29, 1.82) is 5.41 Å². The predicted octanol–water partition coefficient (Wildman–Crippen LogP) is 5.07. The highest BCUT2D eigenvalue weighted by atomic mass is 15.0. The Labute approximate surface area is 198 Å².